The van der Waals surface area contributed by atoms with Crippen molar-refractivity contribution in [1.29, 1.82) is 0 Å². The first-order valence-corrected chi connectivity index (χ1v) is 6.70. The lowest BCUT2D eigenvalue weighted by molar-refractivity contribution is 0.361. The van der Waals surface area contributed by atoms with Crippen molar-refractivity contribution in [2.24, 2.45) is 0 Å². The van der Waals surface area contributed by atoms with Crippen LogP contribution in [0.3, 0.4) is 0 Å². The average molecular weight is 249 g/mol. The van der Waals surface area contributed by atoms with Crippen molar-refractivity contribution in [1.82, 2.24) is 5.32 Å². The van der Waals surface area contributed by atoms with Crippen LogP contribution in [-0.4, -0.2) is 26.8 Å². The number of hydrogen-bond acceptors (Lipinski definition) is 3. The van der Waals surface area contributed by atoms with E-state index >= 15 is 0 Å². The van der Waals surface area contributed by atoms with Gasteiger partial charge in [-0.3, -0.25) is 0 Å². The molecule has 1 heterocycles. The van der Waals surface area contributed by atoms with Crippen molar-refractivity contribution in [2.75, 3.05) is 20.8 Å². The van der Waals surface area contributed by atoms with Gasteiger partial charge in [-0.05, 0) is 44.4 Å². The Morgan fingerprint density at radius 1 is 1.22 bits per heavy atom. The molecule has 100 valence electrons. The fourth-order valence-corrected chi connectivity index (χ4v) is 2.74. The van der Waals surface area contributed by atoms with E-state index in [-0.39, 0.29) is 0 Å². The van der Waals surface area contributed by atoms with Crippen LogP contribution >= 0.6 is 0 Å². The summed E-state index contributed by atoms with van der Waals surface area (Å²) in [5.41, 5.74) is 2.36. The smallest absolute Gasteiger partial charge is 0.128 e. The lowest BCUT2D eigenvalue weighted by Crippen LogP contribution is -2.35. The van der Waals surface area contributed by atoms with Gasteiger partial charge in [0.2, 0.25) is 0 Å². The molecule has 1 fully saturated rings. The Kier molecular flexibility index (Phi) is 4.48. The molecule has 0 saturated carbocycles. The molecule has 18 heavy (non-hydrogen) atoms. The number of aryl methyl sites for hydroxylation is 1. The molecule has 1 aromatic carbocycles. The third-order valence-corrected chi connectivity index (χ3v) is 3.70. The van der Waals surface area contributed by atoms with Gasteiger partial charge in [-0.15, -0.1) is 0 Å². The topological polar surface area (TPSA) is 30.5 Å². The van der Waals surface area contributed by atoms with Crippen LogP contribution < -0.4 is 14.8 Å². The molecule has 0 aliphatic carbocycles. The first-order valence-electron chi connectivity index (χ1n) is 6.70. The summed E-state index contributed by atoms with van der Waals surface area (Å²) >= 11 is 0. The van der Waals surface area contributed by atoms with E-state index in [1.165, 1.54) is 30.4 Å². The second-order valence-corrected chi connectivity index (χ2v) is 4.95. The summed E-state index contributed by atoms with van der Waals surface area (Å²) in [6.45, 7) is 3.21. The maximum Gasteiger partial charge on any atom is 0.128 e. The highest BCUT2D eigenvalue weighted by molar-refractivity contribution is 5.50. The molecule has 0 radical (unpaired) electrons. The zero-order valence-corrected chi connectivity index (χ0v) is 11.6. The predicted octanol–water partition coefficient (Wildman–Crippen LogP) is 2.70. The van der Waals surface area contributed by atoms with E-state index in [4.69, 9.17) is 9.47 Å². The van der Waals surface area contributed by atoms with Crippen LogP contribution in [0.5, 0.6) is 11.5 Å². The van der Waals surface area contributed by atoms with Crippen LogP contribution in [0, 0.1) is 6.92 Å². The van der Waals surface area contributed by atoms with Gasteiger partial charge in [0.25, 0.3) is 0 Å². The summed E-state index contributed by atoms with van der Waals surface area (Å²) < 4.78 is 11.0. The van der Waals surface area contributed by atoms with Crippen LogP contribution in [0.4, 0.5) is 0 Å². The van der Waals surface area contributed by atoms with E-state index in [1.54, 1.807) is 14.2 Å². The van der Waals surface area contributed by atoms with Crippen molar-refractivity contribution >= 4 is 0 Å². The zero-order chi connectivity index (χ0) is 13.0. The van der Waals surface area contributed by atoms with Crippen LogP contribution in [0.2, 0.25) is 0 Å². The monoisotopic (exact) mass is 249 g/mol. The summed E-state index contributed by atoms with van der Waals surface area (Å²) in [5, 5.41) is 3.58. The van der Waals surface area contributed by atoms with Gasteiger partial charge >= 0.3 is 0 Å². The van der Waals surface area contributed by atoms with Crippen LogP contribution in [0.15, 0.2) is 12.1 Å². The van der Waals surface area contributed by atoms with E-state index in [0.29, 0.717) is 6.04 Å². The van der Waals surface area contributed by atoms with E-state index < -0.39 is 0 Å². The van der Waals surface area contributed by atoms with E-state index in [0.717, 1.165) is 24.5 Å². The maximum absolute atomic E-state index is 5.55. The lowest BCUT2D eigenvalue weighted by Gasteiger charge is -2.25. The van der Waals surface area contributed by atoms with Gasteiger partial charge in [0, 0.05) is 11.6 Å². The molecule has 0 spiro atoms. The van der Waals surface area contributed by atoms with Gasteiger partial charge in [0.15, 0.2) is 0 Å². The Bertz CT molecular complexity index is 398. The third-order valence-electron chi connectivity index (χ3n) is 3.70. The Morgan fingerprint density at radius 3 is 2.67 bits per heavy atom. The van der Waals surface area contributed by atoms with Crippen LogP contribution in [-0.2, 0) is 6.42 Å². The van der Waals surface area contributed by atoms with Gasteiger partial charge in [0.1, 0.15) is 11.5 Å². The number of ether oxygens (including phenoxy) is 2. The highest BCUT2D eigenvalue weighted by Gasteiger charge is 2.19. The van der Waals surface area contributed by atoms with Gasteiger partial charge in [-0.1, -0.05) is 12.5 Å². The van der Waals surface area contributed by atoms with Crippen molar-refractivity contribution in [3.63, 3.8) is 0 Å². The molecule has 1 aliphatic rings. The molecule has 1 atom stereocenters. The zero-order valence-electron chi connectivity index (χ0n) is 11.6. The molecule has 0 amide bonds. The molecule has 3 heteroatoms. The number of rotatable bonds is 4. The largest absolute Gasteiger partial charge is 0.496 e. The van der Waals surface area contributed by atoms with E-state index in [1.807, 2.05) is 6.07 Å². The number of nitrogens with one attached hydrogen (secondary N) is 1. The first-order chi connectivity index (χ1) is 8.76. The van der Waals surface area contributed by atoms with E-state index in [9.17, 15) is 0 Å². The first kappa shape index (κ1) is 13.2. The third kappa shape index (κ3) is 2.78. The summed E-state index contributed by atoms with van der Waals surface area (Å²) in [6.07, 6.45) is 4.82. The standard InChI is InChI=1S/C15H23NO2/c1-11-7-8-14(17-2)13(15(11)18-3)10-12-6-4-5-9-16-12/h7-8,12,16H,4-6,9-10H2,1-3H3. The predicted molar refractivity (Wildman–Crippen MR) is 73.6 cm³/mol. The maximum atomic E-state index is 5.55. The van der Waals surface area contributed by atoms with Crippen molar-refractivity contribution in [3.05, 3.63) is 23.3 Å². The minimum Gasteiger partial charge on any atom is -0.496 e. The van der Waals surface area contributed by atoms with Crippen molar-refractivity contribution < 1.29 is 9.47 Å². The highest BCUT2D eigenvalue weighted by Crippen LogP contribution is 2.33. The number of benzene rings is 1. The molecular formula is C15H23NO2. The molecule has 1 saturated heterocycles. The number of hydrogen-bond donors (Lipinski definition) is 1. The van der Waals surface area contributed by atoms with Gasteiger partial charge in [-0.25, -0.2) is 0 Å². The Labute approximate surface area is 109 Å². The molecule has 3 nitrogen and oxygen atoms in total. The summed E-state index contributed by atoms with van der Waals surface area (Å²) in [5.74, 6) is 1.91. The number of piperidine rings is 1. The minimum absolute atomic E-state index is 0.545. The molecular weight excluding hydrogens is 226 g/mol. The summed E-state index contributed by atoms with van der Waals surface area (Å²) in [7, 11) is 3.46. The Hall–Kier alpha value is -1.22. The quantitative estimate of drug-likeness (QED) is 0.890. The molecule has 0 bridgehead atoms. The van der Waals surface area contributed by atoms with Crippen molar-refractivity contribution in [3.8, 4) is 11.5 Å². The van der Waals surface area contributed by atoms with E-state index in [2.05, 4.69) is 18.3 Å². The van der Waals surface area contributed by atoms with Crippen molar-refractivity contribution in [2.45, 2.75) is 38.6 Å². The summed E-state index contributed by atoms with van der Waals surface area (Å²) in [4.78, 5) is 0. The lowest BCUT2D eigenvalue weighted by atomic mass is 9.95. The fraction of sp³-hybridized carbons (Fsp3) is 0.600. The molecule has 2 rings (SSSR count). The number of methoxy groups -OCH3 is 2. The highest BCUT2D eigenvalue weighted by atomic mass is 16.5. The molecule has 1 unspecified atom stereocenters. The molecule has 1 aliphatic heterocycles. The van der Waals surface area contributed by atoms with Gasteiger partial charge < -0.3 is 14.8 Å². The fourth-order valence-electron chi connectivity index (χ4n) is 2.74. The van der Waals surface area contributed by atoms with Gasteiger partial charge in [-0.2, -0.15) is 0 Å². The van der Waals surface area contributed by atoms with Crippen LogP contribution in [0.25, 0.3) is 0 Å². The molecule has 0 aromatic heterocycles. The summed E-state index contributed by atoms with van der Waals surface area (Å²) in [6, 6.07) is 4.63. The average Bonchev–Trinajstić information content (AvgIpc) is 2.40. The Balaban J connectivity index is 2.25. The minimum atomic E-state index is 0.545. The second kappa shape index (κ2) is 6.10. The van der Waals surface area contributed by atoms with Gasteiger partial charge in [0.05, 0.1) is 14.2 Å². The second-order valence-electron chi connectivity index (χ2n) is 4.95. The Morgan fingerprint density at radius 2 is 2.06 bits per heavy atom. The van der Waals surface area contributed by atoms with Crippen LogP contribution in [0.1, 0.15) is 30.4 Å². The molecule has 1 N–H and O–H groups in total. The molecule has 1 aromatic rings. The SMILES string of the molecule is COc1ccc(C)c(OC)c1CC1CCCCN1. The normalized spacial score (nSPS) is 19.6.